The highest BCUT2D eigenvalue weighted by Crippen LogP contribution is 2.31. The SMILES string of the molecule is O=C(O)Oc1cnn(-c2nc3c(Sc4ccccc4)cccc3c(=O)[nH]2)c1. The molecule has 0 aliphatic rings. The van der Waals surface area contributed by atoms with Gasteiger partial charge < -0.3 is 9.84 Å². The van der Waals surface area contributed by atoms with Crippen LogP contribution in [0.15, 0.2) is 75.5 Å². The first-order valence-corrected chi connectivity index (χ1v) is 8.63. The Kier molecular flexibility index (Phi) is 4.35. The lowest BCUT2D eigenvalue weighted by molar-refractivity contribution is 0.144. The number of para-hydroxylation sites is 1. The number of H-pyrrole nitrogens is 1. The molecule has 0 saturated heterocycles. The predicted molar refractivity (Wildman–Crippen MR) is 98.7 cm³/mol. The number of hydrogen-bond acceptors (Lipinski definition) is 6. The van der Waals surface area contributed by atoms with Gasteiger partial charge in [0, 0.05) is 9.79 Å². The highest BCUT2D eigenvalue weighted by molar-refractivity contribution is 7.99. The Morgan fingerprint density at radius 1 is 1.15 bits per heavy atom. The fourth-order valence-corrected chi connectivity index (χ4v) is 3.45. The first kappa shape index (κ1) is 16.9. The molecule has 0 spiro atoms. The maximum atomic E-state index is 12.5. The summed E-state index contributed by atoms with van der Waals surface area (Å²) in [4.78, 5) is 32.1. The Hall–Kier alpha value is -3.59. The van der Waals surface area contributed by atoms with Gasteiger partial charge >= 0.3 is 6.16 Å². The van der Waals surface area contributed by atoms with Crippen LogP contribution in [0.5, 0.6) is 5.75 Å². The Morgan fingerprint density at radius 2 is 1.96 bits per heavy atom. The van der Waals surface area contributed by atoms with Crippen molar-refractivity contribution in [2.24, 2.45) is 0 Å². The molecule has 0 unspecified atom stereocenters. The van der Waals surface area contributed by atoms with E-state index in [0.717, 1.165) is 9.79 Å². The van der Waals surface area contributed by atoms with Crippen molar-refractivity contribution in [2.75, 3.05) is 0 Å². The van der Waals surface area contributed by atoms with E-state index in [2.05, 4.69) is 19.8 Å². The Morgan fingerprint density at radius 3 is 2.74 bits per heavy atom. The van der Waals surface area contributed by atoms with E-state index in [-0.39, 0.29) is 17.3 Å². The maximum absolute atomic E-state index is 12.5. The summed E-state index contributed by atoms with van der Waals surface area (Å²) in [7, 11) is 0. The zero-order chi connectivity index (χ0) is 18.8. The van der Waals surface area contributed by atoms with Crippen LogP contribution >= 0.6 is 11.8 Å². The molecular formula is C18H12N4O4S. The monoisotopic (exact) mass is 380 g/mol. The fourth-order valence-electron chi connectivity index (χ4n) is 2.51. The standard InChI is InChI=1S/C18H12N4O4S/c23-16-13-7-4-8-14(27-12-5-2-1-3-6-12)15(13)20-17(21-16)22-10-11(9-19-22)26-18(24)25/h1-10H,(H,24,25)(H,20,21,23). The summed E-state index contributed by atoms with van der Waals surface area (Å²) in [5.41, 5.74) is 0.211. The lowest BCUT2D eigenvalue weighted by atomic mass is 10.2. The van der Waals surface area contributed by atoms with Gasteiger partial charge in [-0.1, -0.05) is 36.0 Å². The van der Waals surface area contributed by atoms with Crippen LogP contribution in [-0.4, -0.2) is 31.0 Å². The zero-order valence-electron chi connectivity index (χ0n) is 13.7. The second-order valence-electron chi connectivity index (χ2n) is 5.45. The summed E-state index contributed by atoms with van der Waals surface area (Å²) in [5, 5.41) is 13.1. The van der Waals surface area contributed by atoms with E-state index in [4.69, 9.17) is 5.11 Å². The number of nitrogens with one attached hydrogen (secondary N) is 1. The van der Waals surface area contributed by atoms with Crippen molar-refractivity contribution < 1.29 is 14.6 Å². The van der Waals surface area contributed by atoms with Crippen LogP contribution in [0.3, 0.4) is 0 Å². The Balaban J connectivity index is 1.79. The topological polar surface area (TPSA) is 110 Å². The normalized spacial score (nSPS) is 10.8. The van der Waals surface area contributed by atoms with Crippen molar-refractivity contribution in [1.29, 1.82) is 0 Å². The molecule has 2 N–H and O–H groups in total. The fraction of sp³-hybridized carbons (Fsp3) is 0. The number of carboxylic acid groups (broad SMARTS) is 1. The van der Waals surface area contributed by atoms with Crippen LogP contribution in [-0.2, 0) is 0 Å². The highest BCUT2D eigenvalue weighted by Gasteiger charge is 2.12. The molecule has 0 fully saturated rings. The maximum Gasteiger partial charge on any atom is 0.511 e. The minimum absolute atomic E-state index is 0.0252. The number of rotatable bonds is 4. The van der Waals surface area contributed by atoms with Crippen LogP contribution in [0.2, 0.25) is 0 Å². The highest BCUT2D eigenvalue weighted by atomic mass is 32.2. The van der Waals surface area contributed by atoms with E-state index in [9.17, 15) is 9.59 Å². The van der Waals surface area contributed by atoms with Crippen LogP contribution in [0.25, 0.3) is 16.9 Å². The van der Waals surface area contributed by atoms with Gasteiger partial charge in [-0.25, -0.2) is 14.5 Å². The molecule has 0 amide bonds. The minimum Gasteiger partial charge on any atom is -0.449 e. The van der Waals surface area contributed by atoms with Crippen LogP contribution in [0.1, 0.15) is 0 Å². The van der Waals surface area contributed by atoms with Gasteiger partial charge in [-0.2, -0.15) is 5.10 Å². The van der Waals surface area contributed by atoms with Crippen LogP contribution in [0, 0.1) is 0 Å². The van der Waals surface area contributed by atoms with E-state index in [1.54, 1.807) is 12.1 Å². The Bertz CT molecular complexity index is 1190. The molecule has 0 saturated carbocycles. The second kappa shape index (κ2) is 6.96. The van der Waals surface area contributed by atoms with Crippen molar-refractivity contribution >= 4 is 28.8 Å². The number of benzene rings is 2. The third-order valence-corrected chi connectivity index (χ3v) is 4.70. The second-order valence-corrected chi connectivity index (χ2v) is 6.56. The molecule has 4 rings (SSSR count). The minimum atomic E-state index is -1.45. The van der Waals surface area contributed by atoms with Gasteiger partial charge in [0.25, 0.3) is 5.56 Å². The van der Waals surface area contributed by atoms with Gasteiger partial charge in [-0.3, -0.25) is 9.78 Å². The van der Waals surface area contributed by atoms with Crippen LogP contribution < -0.4 is 10.3 Å². The third-order valence-electron chi connectivity index (χ3n) is 3.64. The molecular weight excluding hydrogens is 368 g/mol. The predicted octanol–water partition coefficient (Wildman–Crippen LogP) is 3.32. The number of hydrogen-bond donors (Lipinski definition) is 2. The van der Waals surface area contributed by atoms with Gasteiger partial charge in [0.2, 0.25) is 5.95 Å². The summed E-state index contributed by atoms with van der Waals surface area (Å²) in [5.74, 6) is 0.186. The van der Waals surface area contributed by atoms with Crippen molar-refractivity contribution in [2.45, 2.75) is 9.79 Å². The van der Waals surface area contributed by atoms with Crippen molar-refractivity contribution in [1.82, 2.24) is 19.7 Å². The molecule has 0 aliphatic carbocycles. The first-order chi connectivity index (χ1) is 13.1. The molecule has 2 heterocycles. The summed E-state index contributed by atoms with van der Waals surface area (Å²) in [6.45, 7) is 0. The molecule has 2 aromatic heterocycles. The number of aromatic amines is 1. The lowest BCUT2D eigenvalue weighted by Crippen LogP contribution is -2.14. The first-order valence-electron chi connectivity index (χ1n) is 7.82. The molecule has 9 heteroatoms. The molecule has 0 bridgehead atoms. The van der Waals surface area contributed by atoms with Gasteiger partial charge in [0.15, 0.2) is 5.75 Å². The Labute approximate surface area is 156 Å². The van der Waals surface area contributed by atoms with Gasteiger partial charge in [0.05, 0.1) is 23.3 Å². The molecule has 0 radical (unpaired) electrons. The lowest BCUT2D eigenvalue weighted by Gasteiger charge is -2.07. The molecule has 134 valence electrons. The quantitative estimate of drug-likeness (QED) is 0.523. The number of nitrogens with zero attached hydrogens (tertiary/aromatic N) is 3. The summed E-state index contributed by atoms with van der Waals surface area (Å²) in [6.07, 6.45) is 1.10. The third kappa shape index (κ3) is 3.53. The van der Waals surface area contributed by atoms with Gasteiger partial charge in [0.1, 0.15) is 0 Å². The average Bonchev–Trinajstić information content (AvgIpc) is 3.11. The smallest absolute Gasteiger partial charge is 0.449 e. The number of fused-ring (bicyclic) bond motifs is 1. The molecule has 0 atom stereocenters. The van der Waals surface area contributed by atoms with Gasteiger partial charge in [-0.05, 0) is 24.3 Å². The molecule has 27 heavy (non-hydrogen) atoms. The van der Waals surface area contributed by atoms with E-state index in [0.29, 0.717) is 10.9 Å². The summed E-state index contributed by atoms with van der Waals surface area (Å²) in [6, 6.07) is 15.1. The van der Waals surface area contributed by atoms with Crippen molar-refractivity contribution in [3.8, 4) is 11.7 Å². The van der Waals surface area contributed by atoms with Gasteiger partial charge in [-0.15, -0.1) is 0 Å². The van der Waals surface area contributed by atoms with Crippen LogP contribution in [0.4, 0.5) is 4.79 Å². The number of ether oxygens (including phenoxy) is 1. The zero-order valence-corrected chi connectivity index (χ0v) is 14.5. The molecule has 2 aromatic carbocycles. The molecule has 4 aromatic rings. The van der Waals surface area contributed by atoms with Crippen molar-refractivity contribution in [3.05, 3.63) is 71.3 Å². The van der Waals surface area contributed by atoms with Crippen molar-refractivity contribution in [3.63, 3.8) is 0 Å². The summed E-state index contributed by atoms with van der Waals surface area (Å²) < 4.78 is 5.80. The molecule has 0 aliphatic heterocycles. The molecule has 8 nitrogen and oxygen atoms in total. The average molecular weight is 380 g/mol. The number of aromatic nitrogens is 4. The summed E-state index contributed by atoms with van der Waals surface area (Å²) >= 11 is 1.50. The van der Waals surface area contributed by atoms with E-state index in [1.165, 1.54) is 28.8 Å². The van der Waals surface area contributed by atoms with E-state index in [1.807, 2.05) is 36.4 Å². The largest absolute Gasteiger partial charge is 0.511 e. The van der Waals surface area contributed by atoms with E-state index < -0.39 is 6.16 Å². The van der Waals surface area contributed by atoms with E-state index >= 15 is 0 Å². The number of carbonyl (C=O) groups is 1.